The highest BCUT2D eigenvalue weighted by atomic mass is 32.1. The zero-order chi connectivity index (χ0) is 15.0. The molecule has 20 heavy (non-hydrogen) atoms. The van der Waals surface area contributed by atoms with Crippen molar-refractivity contribution in [3.05, 3.63) is 35.9 Å². The zero-order valence-electron chi connectivity index (χ0n) is 12.2. The van der Waals surface area contributed by atoms with Crippen LogP contribution >= 0.6 is 12.2 Å². The molecule has 0 aliphatic carbocycles. The van der Waals surface area contributed by atoms with Gasteiger partial charge in [0.2, 0.25) is 0 Å². The molecule has 0 amide bonds. The number of guanidine groups is 1. The molecule has 1 unspecified atom stereocenters. The number of nitrogens with one attached hydrogen (secondary N) is 3. The molecule has 0 saturated heterocycles. The summed E-state index contributed by atoms with van der Waals surface area (Å²) in [6.07, 6.45) is -0.0398. The van der Waals surface area contributed by atoms with Crippen molar-refractivity contribution < 1.29 is 0 Å². The van der Waals surface area contributed by atoms with Crippen LogP contribution in [0.4, 0.5) is 0 Å². The van der Waals surface area contributed by atoms with Gasteiger partial charge in [-0.1, -0.05) is 42.5 Å². The van der Waals surface area contributed by atoms with Crippen molar-refractivity contribution in [1.29, 1.82) is 0 Å². The van der Waals surface area contributed by atoms with Crippen molar-refractivity contribution in [2.24, 2.45) is 10.7 Å². The lowest BCUT2D eigenvalue weighted by Crippen LogP contribution is -2.51. The predicted octanol–water partition coefficient (Wildman–Crippen LogP) is 0.810. The fourth-order valence-corrected chi connectivity index (χ4v) is 1.88. The van der Waals surface area contributed by atoms with Gasteiger partial charge in [0.15, 0.2) is 5.96 Å². The molecular formula is C14H23N5S. The Morgan fingerprint density at radius 2 is 1.90 bits per heavy atom. The first-order valence-electron chi connectivity index (χ1n) is 6.61. The van der Waals surface area contributed by atoms with Crippen LogP contribution in [0, 0.1) is 0 Å². The van der Waals surface area contributed by atoms with Gasteiger partial charge in [0.05, 0.1) is 6.17 Å². The van der Waals surface area contributed by atoms with Crippen LogP contribution in [0.15, 0.2) is 35.3 Å². The highest BCUT2D eigenvalue weighted by Crippen LogP contribution is 1.99. The van der Waals surface area contributed by atoms with E-state index in [-0.39, 0.29) is 12.2 Å². The Morgan fingerprint density at radius 1 is 1.25 bits per heavy atom. The van der Waals surface area contributed by atoms with E-state index in [0.717, 1.165) is 5.56 Å². The van der Waals surface area contributed by atoms with Gasteiger partial charge < -0.3 is 21.7 Å². The fourth-order valence-electron chi connectivity index (χ4n) is 1.56. The van der Waals surface area contributed by atoms with E-state index in [1.165, 1.54) is 0 Å². The molecule has 5 N–H and O–H groups in total. The highest BCUT2D eigenvalue weighted by Gasteiger charge is 2.07. The third kappa shape index (κ3) is 5.99. The lowest BCUT2D eigenvalue weighted by atomic mass is 10.2. The van der Waals surface area contributed by atoms with Gasteiger partial charge in [0.25, 0.3) is 0 Å². The largest absolute Gasteiger partial charge is 0.356 e. The van der Waals surface area contributed by atoms with E-state index in [1.54, 1.807) is 7.05 Å². The fraction of sp³-hybridized carbons (Fsp3) is 0.429. The van der Waals surface area contributed by atoms with Gasteiger partial charge in [-0.25, -0.2) is 0 Å². The summed E-state index contributed by atoms with van der Waals surface area (Å²) in [6.45, 7) is 4.58. The molecule has 0 heterocycles. The van der Waals surface area contributed by atoms with E-state index in [1.807, 2.05) is 44.2 Å². The number of thiocarbonyl (C=S) groups is 1. The average molecular weight is 293 g/mol. The third-order valence-electron chi connectivity index (χ3n) is 2.55. The molecule has 0 aliphatic heterocycles. The summed E-state index contributed by atoms with van der Waals surface area (Å²) in [4.78, 5) is 4.84. The maximum atomic E-state index is 5.70. The van der Waals surface area contributed by atoms with Crippen molar-refractivity contribution in [3.63, 3.8) is 0 Å². The number of hydrogen-bond donors (Lipinski definition) is 4. The number of nitrogens with zero attached hydrogens (tertiary/aromatic N) is 1. The number of hydrogen-bond acceptors (Lipinski definition) is 3. The lowest BCUT2D eigenvalue weighted by molar-refractivity contribution is 0.604. The van der Waals surface area contributed by atoms with E-state index < -0.39 is 0 Å². The lowest BCUT2D eigenvalue weighted by Gasteiger charge is -2.21. The van der Waals surface area contributed by atoms with Crippen molar-refractivity contribution in [2.75, 3.05) is 13.6 Å². The molecule has 110 valence electrons. The SMILES string of the molecule is CN=C(NC[C@H](C)N)NC(C)NC(=S)c1ccccc1. The molecule has 1 aromatic carbocycles. The Bertz CT molecular complexity index is 444. The maximum Gasteiger partial charge on any atom is 0.192 e. The molecular weight excluding hydrogens is 270 g/mol. The molecule has 0 saturated carbocycles. The van der Waals surface area contributed by atoms with E-state index in [9.17, 15) is 0 Å². The number of aliphatic imine (C=N–C) groups is 1. The van der Waals surface area contributed by atoms with Gasteiger partial charge in [-0.2, -0.15) is 0 Å². The Hall–Kier alpha value is -1.66. The number of nitrogens with two attached hydrogens (primary N) is 1. The summed E-state index contributed by atoms with van der Waals surface area (Å²) in [5, 5.41) is 9.57. The van der Waals surface area contributed by atoms with Gasteiger partial charge in [-0.05, 0) is 13.8 Å². The van der Waals surface area contributed by atoms with Gasteiger partial charge in [-0.15, -0.1) is 0 Å². The van der Waals surface area contributed by atoms with E-state index in [0.29, 0.717) is 17.5 Å². The monoisotopic (exact) mass is 293 g/mol. The maximum absolute atomic E-state index is 5.70. The van der Waals surface area contributed by atoms with Crippen molar-refractivity contribution in [2.45, 2.75) is 26.1 Å². The zero-order valence-corrected chi connectivity index (χ0v) is 13.0. The van der Waals surface area contributed by atoms with Crippen molar-refractivity contribution in [1.82, 2.24) is 16.0 Å². The molecule has 0 fully saturated rings. The van der Waals surface area contributed by atoms with Crippen LogP contribution in [-0.4, -0.2) is 36.7 Å². The molecule has 6 heteroatoms. The molecule has 0 radical (unpaired) electrons. The smallest absolute Gasteiger partial charge is 0.192 e. The van der Waals surface area contributed by atoms with Crippen LogP contribution in [0.5, 0.6) is 0 Å². The molecule has 1 rings (SSSR count). The number of benzene rings is 1. The second kappa shape index (κ2) is 8.50. The van der Waals surface area contributed by atoms with Gasteiger partial charge in [-0.3, -0.25) is 4.99 Å². The molecule has 0 spiro atoms. The molecule has 1 aromatic rings. The molecule has 5 nitrogen and oxygen atoms in total. The van der Waals surface area contributed by atoms with Gasteiger partial charge >= 0.3 is 0 Å². The third-order valence-corrected chi connectivity index (χ3v) is 2.91. The Morgan fingerprint density at radius 3 is 2.45 bits per heavy atom. The predicted molar refractivity (Wildman–Crippen MR) is 88.9 cm³/mol. The normalized spacial score (nSPS) is 14.3. The second-order valence-corrected chi connectivity index (χ2v) is 5.04. The standard InChI is InChI=1S/C14H23N5S/c1-10(15)9-17-14(16-3)19-11(2)18-13(20)12-7-5-4-6-8-12/h4-8,10-11H,9,15H2,1-3H3,(H,18,20)(H2,16,17,19)/t10-,11?/m0/s1. The topological polar surface area (TPSA) is 74.5 Å². The molecule has 2 atom stereocenters. The minimum atomic E-state index is -0.0398. The average Bonchev–Trinajstić information content (AvgIpc) is 2.44. The van der Waals surface area contributed by atoms with E-state index in [2.05, 4.69) is 20.9 Å². The van der Waals surface area contributed by atoms with Crippen LogP contribution in [-0.2, 0) is 0 Å². The Kier molecular flexibility index (Phi) is 6.97. The summed E-state index contributed by atoms with van der Waals surface area (Å²) >= 11 is 5.36. The Labute approximate surface area is 126 Å². The quantitative estimate of drug-likeness (QED) is 0.280. The molecule has 0 aliphatic rings. The van der Waals surface area contributed by atoms with E-state index in [4.69, 9.17) is 18.0 Å². The highest BCUT2D eigenvalue weighted by molar-refractivity contribution is 7.80. The number of rotatable bonds is 5. The summed E-state index contributed by atoms with van der Waals surface area (Å²) in [6, 6.07) is 9.92. The van der Waals surface area contributed by atoms with Crippen LogP contribution in [0.3, 0.4) is 0 Å². The molecule has 0 bridgehead atoms. The summed E-state index contributed by atoms with van der Waals surface area (Å²) in [5.41, 5.74) is 6.70. The van der Waals surface area contributed by atoms with E-state index >= 15 is 0 Å². The van der Waals surface area contributed by atoms with Crippen LogP contribution in [0.2, 0.25) is 0 Å². The van der Waals surface area contributed by atoms with Crippen LogP contribution < -0.4 is 21.7 Å². The Balaban J connectivity index is 2.46. The van der Waals surface area contributed by atoms with Crippen LogP contribution in [0.1, 0.15) is 19.4 Å². The first-order valence-corrected chi connectivity index (χ1v) is 7.02. The van der Waals surface area contributed by atoms with Crippen LogP contribution in [0.25, 0.3) is 0 Å². The van der Waals surface area contributed by atoms with Crippen molar-refractivity contribution >= 4 is 23.2 Å². The molecule has 0 aromatic heterocycles. The minimum Gasteiger partial charge on any atom is -0.356 e. The van der Waals surface area contributed by atoms with Gasteiger partial charge in [0.1, 0.15) is 4.99 Å². The summed E-state index contributed by atoms with van der Waals surface area (Å²) < 4.78 is 0. The minimum absolute atomic E-state index is 0.0398. The first-order chi connectivity index (χ1) is 9.52. The van der Waals surface area contributed by atoms with Crippen molar-refractivity contribution in [3.8, 4) is 0 Å². The summed E-state index contributed by atoms with van der Waals surface area (Å²) in [7, 11) is 1.72. The second-order valence-electron chi connectivity index (χ2n) is 4.64. The van der Waals surface area contributed by atoms with Gasteiger partial charge in [0, 0.05) is 25.2 Å². The summed E-state index contributed by atoms with van der Waals surface area (Å²) in [5.74, 6) is 0.693. The first kappa shape index (κ1) is 16.4.